The minimum Gasteiger partial charge on any atom is -0.376 e. The van der Waals surface area contributed by atoms with E-state index in [0.717, 1.165) is 31.2 Å². The van der Waals surface area contributed by atoms with Crippen molar-refractivity contribution in [3.05, 3.63) is 5.51 Å². The van der Waals surface area contributed by atoms with Crippen LogP contribution in [-0.4, -0.2) is 67.6 Å². The van der Waals surface area contributed by atoms with Crippen molar-refractivity contribution in [3.8, 4) is 0 Å². The third-order valence-electron chi connectivity index (χ3n) is 3.84. The largest absolute Gasteiger partial charge is 0.376 e. The molecule has 7 nitrogen and oxygen atoms in total. The molecule has 110 valence electrons. The summed E-state index contributed by atoms with van der Waals surface area (Å²) in [6.07, 6.45) is 1.12. The summed E-state index contributed by atoms with van der Waals surface area (Å²) < 4.78 is 5.81. The Labute approximate surface area is 121 Å². The fourth-order valence-corrected chi connectivity index (χ4v) is 3.37. The number of rotatable bonds is 3. The van der Waals surface area contributed by atoms with Crippen molar-refractivity contribution >= 4 is 22.5 Å². The van der Waals surface area contributed by atoms with Gasteiger partial charge in [0.25, 0.3) is 0 Å². The van der Waals surface area contributed by atoms with Crippen LogP contribution in [0.5, 0.6) is 0 Å². The Kier molecular flexibility index (Phi) is 3.51. The van der Waals surface area contributed by atoms with Crippen LogP contribution in [0.25, 0.3) is 0 Å². The van der Waals surface area contributed by atoms with Gasteiger partial charge >= 0.3 is 6.03 Å². The van der Waals surface area contributed by atoms with E-state index in [2.05, 4.69) is 20.4 Å². The fourth-order valence-electron chi connectivity index (χ4n) is 2.81. The van der Waals surface area contributed by atoms with Crippen LogP contribution in [0.15, 0.2) is 5.51 Å². The molecule has 20 heavy (non-hydrogen) atoms. The Morgan fingerprint density at radius 1 is 1.65 bits per heavy atom. The molecule has 0 aliphatic carbocycles. The van der Waals surface area contributed by atoms with Gasteiger partial charge in [-0.2, -0.15) is 0 Å². The molecule has 2 fully saturated rings. The minimum atomic E-state index is -0.0707. The highest BCUT2D eigenvalue weighted by molar-refractivity contribution is 7.13. The lowest BCUT2D eigenvalue weighted by molar-refractivity contribution is 0.0873. The van der Waals surface area contributed by atoms with Gasteiger partial charge in [0.15, 0.2) is 0 Å². The van der Waals surface area contributed by atoms with Crippen LogP contribution >= 0.6 is 11.3 Å². The number of urea groups is 1. The van der Waals surface area contributed by atoms with Crippen molar-refractivity contribution in [2.45, 2.75) is 12.5 Å². The molecule has 8 heteroatoms. The topological polar surface area (TPSA) is 70.6 Å². The Balaban J connectivity index is 1.45. The predicted molar refractivity (Wildman–Crippen MR) is 76.0 cm³/mol. The first-order chi connectivity index (χ1) is 9.58. The van der Waals surface area contributed by atoms with Crippen LogP contribution in [-0.2, 0) is 4.74 Å². The maximum Gasteiger partial charge on any atom is 0.316 e. The van der Waals surface area contributed by atoms with E-state index in [9.17, 15) is 4.79 Å². The van der Waals surface area contributed by atoms with Crippen LogP contribution in [0.3, 0.4) is 0 Å². The highest BCUT2D eigenvalue weighted by Crippen LogP contribution is 2.43. The summed E-state index contributed by atoms with van der Waals surface area (Å²) in [6.45, 7) is 3.29. The monoisotopic (exact) mass is 297 g/mol. The molecule has 2 amide bonds. The number of anilines is 1. The molecule has 1 spiro atoms. The van der Waals surface area contributed by atoms with E-state index in [0.29, 0.717) is 6.54 Å². The number of carbonyl (C=O) groups excluding carboxylic acids is 1. The lowest BCUT2D eigenvalue weighted by atomic mass is 9.78. The molecule has 0 aromatic carbocycles. The van der Waals surface area contributed by atoms with Crippen LogP contribution in [0.1, 0.15) is 6.42 Å². The zero-order valence-corrected chi connectivity index (χ0v) is 12.5. The summed E-state index contributed by atoms with van der Waals surface area (Å²) >= 11 is 1.57. The first-order valence-corrected chi connectivity index (χ1v) is 7.54. The van der Waals surface area contributed by atoms with E-state index in [1.807, 2.05) is 0 Å². The molecular weight excluding hydrogens is 278 g/mol. The maximum atomic E-state index is 11.5. The molecule has 3 heterocycles. The van der Waals surface area contributed by atoms with Gasteiger partial charge in [-0.25, -0.2) is 4.79 Å². The third kappa shape index (κ3) is 2.57. The number of hydrogen-bond acceptors (Lipinski definition) is 6. The molecule has 3 rings (SSSR count). The maximum absolute atomic E-state index is 11.5. The van der Waals surface area contributed by atoms with E-state index in [-0.39, 0.29) is 17.6 Å². The standard InChI is InChI=1S/C12H19N5O2S/c1-16(2)10(18)13-4-9-3-12(7-19-9)5-17(6-12)11-15-14-8-20-11/h8-9H,3-7H2,1-2H3,(H,13,18)/t9-/m1/s1. The summed E-state index contributed by atoms with van der Waals surface area (Å²) in [5.41, 5.74) is 1.99. The molecular formula is C12H19N5O2S. The van der Waals surface area contributed by atoms with E-state index in [1.54, 1.807) is 30.9 Å². The molecule has 0 saturated carbocycles. The minimum absolute atomic E-state index is 0.0707. The number of nitrogens with zero attached hydrogens (tertiary/aromatic N) is 4. The van der Waals surface area contributed by atoms with Gasteiger partial charge in [-0.1, -0.05) is 11.3 Å². The van der Waals surface area contributed by atoms with Crippen LogP contribution in [0.4, 0.5) is 9.93 Å². The summed E-state index contributed by atoms with van der Waals surface area (Å²) in [5, 5.41) is 11.8. The van der Waals surface area contributed by atoms with Crippen LogP contribution in [0.2, 0.25) is 0 Å². The number of amides is 2. The first-order valence-electron chi connectivity index (χ1n) is 6.66. The second kappa shape index (κ2) is 5.17. The Morgan fingerprint density at radius 3 is 3.10 bits per heavy atom. The molecule has 2 aliphatic heterocycles. The van der Waals surface area contributed by atoms with Gasteiger partial charge in [-0.15, -0.1) is 10.2 Å². The van der Waals surface area contributed by atoms with Crippen molar-refractivity contribution < 1.29 is 9.53 Å². The lowest BCUT2D eigenvalue weighted by Gasteiger charge is -2.46. The number of nitrogens with one attached hydrogen (secondary N) is 1. The molecule has 2 saturated heterocycles. The average Bonchev–Trinajstić information content (AvgIpc) is 3.02. The summed E-state index contributed by atoms with van der Waals surface area (Å²) in [7, 11) is 3.47. The Morgan fingerprint density at radius 2 is 2.45 bits per heavy atom. The fraction of sp³-hybridized carbons (Fsp3) is 0.750. The molecule has 1 atom stereocenters. The molecule has 1 aromatic rings. The van der Waals surface area contributed by atoms with Gasteiger partial charge in [0.2, 0.25) is 5.13 Å². The lowest BCUT2D eigenvalue weighted by Crippen LogP contribution is -2.57. The Bertz CT molecular complexity index is 472. The molecule has 1 aromatic heterocycles. The first kappa shape index (κ1) is 13.6. The van der Waals surface area contributed by atoms with Crippen LogP contribution in [0, 0.1) is 5.41 Å². The smallest absolute Gasteiger partial charge is 0.316 e. The van der Waals surface area contributed by atoms with Gasteiger partial charge in [-0.3, -0.25) is 0 Å². The number of hydrogen-bond donors (Lipinski definition) is 1. The normalized spacial score (nSPS) is 23.7. The van der Waals surface area contributed by atoms with Gasteiger partial charge in [0.1, 0.15) is 5.51 Å². The number of ether oxygens (including phenoxy) is 1. The van der Waals surface area contributed by atoms with E-state index in [1.165, 1.54) is 4.90 Å². The predicted octanol–water partition coefficient (Wildman–Crippen LogP) is 0.405. The molecule has 0 radical (unpaired) electrons. The molecule has 1 N–H and O–H groups in total. The number of carbonyl (C=O) groups is 1. The average molecular weight is 297 g/mol. The quantitative estimate of drug-likeness (QED) is 0.875. The summed E-state index contributed by atoms with van der Waals surface area (Å²) in [4.78, 5) is 15.3. The zero-order valence-electron chi connectivity index (χ0n) is 11.7. The van der Waals surface area contributed by atoms with Gasteiger partial charge in [0.05, 0.1) is 12.7 Å². The van der Waals surface area contributed by atoms with Crippen molar-refractivity contribution in [3.63, 3.8) is 0 Å². The van der Waals surface area contributed by atoms with Gasteiger partial charge in [0, 0.05) is 39.1 Å². The second-order valence-electron chi connectivity index (χ2n) is 5.79. The second-order valence-corrected chi connectivity index (χ2v) is 6.61. The molecule has 0 bridgehead atoms. The SMILES string of the molecule is CN(C)C(=O)NC[C@H]1CC2(CO1)CN(c1nncs1)C2. The van der Waals surface area contributed by atoms with Gasteiger partial charge < -0.3 is 19.9 Å². The van der Waals surface area contributed by atoms with Crippen LogP contribution < -0.4 is 10.2 Å². The summed E-state index contributed by atoms with van der Waals surface area (Å²) in [6, 6.07) is -0.0707. The Hall–Kier alpha value is -1.41. The van der Waals surface area contributed by atoms with E-state index >= 15 is 0 Å². The third-order valence-corrected chi connectivity index (χ3v) is 4.59. The van der Waals surface area contributed by atoms with Crippen molar-refractivity contribution in [1.82, 2.24) is 20.4 Å². The molecule has 0 unspecified atom stereocenters. The summed E-state index contributed by atoms with van der Waals surface area (Å²) in [5.74, 6) is 0. The van der Waals surface area contributed by atoms with E-state index in [4.69, 9.17) is 4.74 Å². The van der Waals surface area contributed by atoms with E-state index < -0.39 is 0 Å². The highest BCUT2D eigenvalue weighted by Gasteiger charge is 2.49. The van der Waals surface area contributed by atoms with Gasteiger partial charge in [-0.05, 0) is 6.42 Å². The van der Waals surface area contributed by atoms with Crippen molar-refractivity contribution in [2.75, 3.05) is 45.2 Å². The van der Waals surface area contributed by atoms with Crippen molar-refractivity contribution in [1.29, 1.82) is 0 Å². The number of aromatic nitrogens is 2. The highest BCUT2D eigenvalue weighted by atomic mass is 32.1. The van der Waals surface area contributed by atoms with Crippen molar-refractivity contribution in [2.24, 2.45) is 5.41 Å². The molecule has 2 aliphatic rings. The zero-order chi connectivity index (χ0) is 14.2.